The molecule has 0 atom stereocenters. The van der Waals surface area contributed by atoms with Crippen molar-refractivity contribution >= 4 is 23.5 Å². The van der Waals surface area contributed by atoms with E-state index in [-0.39, 0.29) is 36.0 Å². The maximum absolute atomic E-state index is 12.2. The molecule has 0 unspecified atom stereocenters. The number of benzene rings is 1. The Kier molecular flexibility index (Phi) is 8.46. The number of hydrogen-bond acceptors (Lipinski definition) is 4. The number of nitrogens with zero attached hydrogens (tertiary/aromatic N) is 1. The molecule has 0 fully saturated rings. The fourth-order valence-electron chi connectivity index (χ4n) is 2.45. The number of amides is 2. The van der Waals surface area contributed by atoms with Gasteiger partial charge in [0.2, 0.25) is 11.8 Å². The molecule has 2 N–H and O–H groups in total. The van der Waals surface area contributed by atoms with Gasteiger partial charge in [0.25, 0.3) is 0 Å². The van der Waals surface area contributed by atoms with Crippen molar-refractivity contribution in [3.63, 3.8) is 0 Å². The van der Waals surface area contributed by atoms with Crippen molar-refractivity contribution in [3.8, 4) is 5.75 Å². The summed E-state index contributed by atoms with van der Waals surface area (Å²) in [4.78, 5) is 37.0. The molecule has 0 aliphatic heterocycles. The van der Waals surface area contributed by atoms with Gasteiger partial charge in [-0.3, -0.25) is 9.59 Å². The Morgan fingerprint density at radius 2 is 1.76 bits per heavy atom. The van der Waals surface area contributed by atoms with Gasteiger partial charge in [0.05, 0.1) is 7.11 Å². The van der Waals surface area contributed by atoms with Gasteiger partial charge < -0.3 is 20.1 Å². The lowest BCUT2D eigenvalue weighted by atomic mass is 10.1. The summed E-state index contributed by atoms with van der Waals surface area (Å²) in [7, 11) is 1.36. The second-order valence-corrected chi connectivity index (χ2v) is 5.65. The average molecular weight is 350 g/mol. The molecule has 0 bridgehead atoms. The van der Waals surface area contributed by atoms with Crippen LogP contribution in [0.5, 0.6) is 5.75 Å². The number of carboxylic acid groups (broad SMARTS) is 1. The fourth-order valence-corrected chi connectivity index (χ4v) is 2.45. The number of anilines is 1. The molecule has 0 aliphatic carbocycles. The highest BCUT2D eigenvalue weighted by Crippen LogP contribution is 2.23. The topological polar surface area (TPSA) is 95.9 Å². The maximum Gasteiger partial charge on any atom is 0.339 e. The van der Waals surface area contributed by atoms with Crippen LogP contribution in [0.4, 0.5) is 5.69 Å². The van der Waals surface area contributed by atoms with Crippen molar-refractivity contribution in [1.29, 1.82) is 0 Å². The van der Waals surface area contributed by atoms with E-state index in [9.17, 15) is 14.4 Å². The zero-order valence-corrected chi connectivity index (χ0v) is 15.0. The minimum absolute atomic E-state index is 0.0189. The largest absolute Gasteiger partial charge is 0.496 e. The lowest BCUT2D eigenvalue weighted by molar-refractivity contribution is -0.133. The lowest BCUT2D eigenvalue weighted by Crippen LogP contribution is -2.33. The molecule has 2 amide bonds. The van der Waals surface area contributed by atoms with E-state index in [0.29, 0.717) is 18.8 Å². The second-order valence-electron chi connectivity index (χ2n) is 5.65. The Balaban J connectivity index is 2.62. The summed E-state index contributed by atoms with van der Waals surface area (Å²) in [6, 6.07) is 4.31. The number of methoxy groups -OCH3 is 1. The van der Waals surface area contributed by atoms with Crippen molar-refractivity contribution in [2.24, 2.45) is 0 Å². The van der Waals surface area contributed by atoms with Crippen LogP contribution in [0.15, 0.2) is 18.2 Å². The second kappa shape index (κ2) is 10.3. The van der Waals surface area contributed by atoms with E-state index in [0.717, 1.165) is 12.8 Å². The third kappa shape index (κ3) is 6.45. The number of carboxylic acids is 1. The van der Waals surface area contributed by atoms with Crippen molar-refractivity contribution < 1.29 is 24.2 Å². The van der Waals surface area contributed by atoms with Crippen LogP contribution in [-0.2, 0) is 9.59 Å². The first kappa shape index (κ1) is 20.5. The molecule has 0 heterocycles. The molecule has 1 rings (SSSR count). The first-order chi connectivity index (χ1) is 11.9. The molecule has 0 aliphatic rings. The SMILES string of the molecule is CCCN(CCC)C(=O)CCC(=O)Nc1ccc(C(=O)O)c(OC)c1. The summed E-state index contributed by atoms with van der Waals surface area (Å²) in [6.07, 6.45) is 1.99. The van der Waals surface area contributed by atoms with E-state index in [1.807, 2.05) is 13.8 Å². The van der Waals surface area contributed by atoms with Crippen molar-refractivity contribution in [2.75, 3.05) is 25.5 Å². The van der Waals surface area contributed by atoms with Crippen LogP contribution in [0, 0.1) is 0 Å². The normalized spacial score (nSPS) is 10.2. The number of aromatic carboxylic acids is 1. The highest BCUT2D eigenvalue weighted by molar-refractivity contribution is 5.95. The van der Waals surface area contributed by atoms with Gasteiger partial charge in [-0.15, -0.1) is 0 Å². The zero-order valence-electron chi connectivity index (χ0n) is 15.0. The summed E-state index contributed by atoms with van der Waals surface area (Å²) in [6.45, 7) is 5.41. The van der Waals surface area contributed by atoms with Gasteiger partial charge in [0.15, 0.2) is 0 Å². The van der Waals surface area contributed by atoms with Gasteiger partial charge in [-0.1, -0.05) is 13.8 Å². The molecular weight excluding hydrogens is 324 g/mol. The van der Waals surface area contributed by atoms with E-state index in [1.165, 1.54) is 25.3 Å². The molecule has 7 heteroatoms. The smallest absolute Gasteiger partial charge is 0.339 e. The van der Waals surface area contributed by atoms with Crippen LogP contribution in [-0.4, -0.2) is 48.0 Å². The molecule has 0 aromatic heterocycles. The molecule has 138 valence electrons. The van der Waals surface area contributed by atoms with Gasteiger partial charge >= 0.3 is 5.97 Å². The van der Waals surface area contributed by atoms with Gasteiger partial charge in [0, 0.05) is 37.7 Å². The summed E-state index contributed by atoms with van der Waals surface area (Å²) >= 11 is 0. The monoisotopic (exact) mass is 350 g/mol. The van der Waals surface area contributed by atoms with Gasteiger partial charge in [-0.05, 0) is 25.0 Å². The van der Waals surface area contributed by atoms with Crippen LogP contribution in [0.2, 0.25) is 0 Å². The predicted molar refractivity (Wildman–Crippen MR) is 95.0 cm³/mol. The molecule has 1 aromatic carbocycles. The summed E-state index contributed by atoms with van der Waals surface area (Å²) in [5.41, 5.74) is 0.448. The molecule has 0 radical (unpaired) electrons. The maximum atomic E-state index is 12.2. The van der Waals surface area contributed by atoms with Crippen molar-refractivity contribution in [3.05, 3.63) is 23.8 Å². The number of carbonyl (C=O) groups excluding carboxylic acids is 2. The number of rotatable bonds is 10. The summed E-state index contributed by atoms with van der Waals surface area (Å²) < 4.78 is 5.02. The average Bonchev–Trinajstić information content (AvgIpc) is 2.59. The minimum atomic E-state index is -1.10. The summed E-state index contributed by atoms with van der Waals surface area (Å²) in [5, 5.41) is 11.7. The number of ether oxygens (including phenoxy) is 1. The van der Waals surface area contributed by atoms with Crippen LogP contribution >= 0.6 is 0 Å². The predicted octanol–water partition coefficient (Wildman–Crippen LogP) is 2.76. The van der Waals surface area contributed by atoms with Crippen LogP contribution in [0.3, 0.4) is 0 Å². The Morgan fingerprint density at radius 1 is 1.12 bits per heavy atom. The van der Waals surface area contributed by atoms with Crippen LogP contribution in [0.1, 0.15) is 49.9 Å². The highest BCUT2D eigenvalue weighted by atomic mass is 16.5. The number of carbonyl (C=O) groups is 3. The Hall–Kier alpha value is -2.57. The van der Waals surface area contributed by atoms with E-state index >= 15 is 0 Å². The molecular formula is C18H26N2O5. The molecule has 0 saturated heterocycles. The molecule has 0 saturated carbocycles. The quantitative estimate of drug-likeness (QED) is 0.676. The zero-order chi connectivity index (χ0) is 18.8. The van der Waals surface area contributed by atoms with Crippen LogP contribution < -0.4 is 10.1 Å². The molecule has 1 aromatic rings. The van der Waals surface area contributed by atoms with E-state index < -0.39 is 5.97 Å². The van der Waals surface area contributed by atoms with E-state index in [2.05, 4.69) is 5.32 Å². The number of nitrogens with one attached hydrogen (secondary N) is 1. The van der Waals surface area contributed by atoms with Gasteiger partial charge in [-0.2, -0.15) is 0 Å². The van der Waals surface area contributed by atoms with Crippen LogP contribution in [0.25, 0.3) is 0 Å². The van der Waals surface area contributed by atoms with E-state index in [4.69, 9.17) is 9.84 Å². The van der Waals surface area contributed by atoms with Crippen molar-refractivity contribution in [1.82, 2.24) is 4.90 Å². The molecule has 7 nitrogen and oxygen atoms in total. The summed E-state index contributed by atoms with van der Waals surface area (Å²) in [5.74, 6) is -1.27. The highest BCUT2D eigenvalue weighted by Gasteiger charge is 2.15. The van der Waals surface area contributed by atoms with Gasteiger partial charge in [-0.25, -0.2) is 4.79 Å². The third-order valence-corrected chi connectivity index (χ3v) is 3.62. The standard InChI is InChI=1S/C18H26N2O5/c1-4-10-20(11-5-2)17(22)9-8-16(21)19-13-6-7-14(18(23)24)15(12-13)25-3/h6-7,12H,4-5,8-11H2,1-3H3,(H,19,21)(H,23,24). The number of hydrogen-bond donors (Lipinski definition) is 2. The fraction of sp³-hybridized carbons (Fsp3) is 0.500. The minimum Gasteiger partial charge on any atom is -0.496 e. The molecule has 0 spiro atoms. The van der Waals surface area contributed by atoms with Gasteiger partial charge in [0.1, 0.15) is 11.3 Å². The lowest BCUT2D eigenvalue weighted by Gasteiger charge is -2.21. The third-order valence-electron chi connectivity index (χ3n) is 3.62. The van der Waals surface area contributed by atoms with E-state index in [1.54, 1.807) is 4.90 Å². The first-order valence-electron chi connectivity index (χ1n) is 8.41. The Morgan fingerprint density at radius 3 is 2.28 bits per heavy atom. The Bertz CT molecular complexity index is 609. The first-order valence-corrected chi connectivity index (χ1v) is 8.41. The Labute approximate surface area is 148 Å². The molecule has 25 heavy (non-hydrogen) atoms. The van der Waals surface area contributed by atoms with Crippen molar-refractivity contribution in [2.45, 2.75) is 39.5 Å².